The van der Waals surface area contributed by atoms with Crippen LogP contribution in [0.2, 0.25) is 0 Å². The maximum atomic E-state index is 9.19. The van der Waals surface area contributed by atoms with Crippen LogP contribution in [0, 0.1) is 0 Å². The van der Waals surface area contributed by atoms with Crippen molar-refractivity contribution in [2.45, 2.75) is 25.5 Å². The van der Waals surface area contributed by atoms with E-state index in [1.54, 1.807) is 0 Å². The van der Waals surface area contributed by atoms with E-state index in [4.69, 9.17) is 4.74 Å². The predicted molar refractivity (Wildman–Crippen MR) is 64.7 cm³/mol. The molecule has 0 spiro atoms. The van der Waals surface area contributed by atoms with Crippen LogP contribution in [0.1, 0.15) is 24.4 Å². The summed E-state index contributed by atoms with van der Waals surface area (Å²) in [6.45, 7) is 1.70. The van der Waals surface area contributed by atoms with Gasteiger partial charge in [-0.25, -0.2) is 0 Å². The number of ether oxygens (including phenoxy) is 1. The molecule has 4 heteroatoms. The van der Waals surface area contributed by atoms with Gasteiger partial charge in [-0.1, -0.05) is 12.1 Å². The molecule has 1 aliphatic rings. The molecule has 1 fully saturated rings. The van der Waals surface area contributed by atoms with E-state index in [1.165, 1.54) is 0 Å². The van der Waals surface area contributed by atoms with E-state index < -0.39 is 0 Å². The Morgan fingerprint density at radius 2 is 2.18 bits per heavy atom. The summed E-state index contributed by atoms with van der Waals surface area (Å²) in [5.41, 5.74) is 2.05. The molecule has 0 aliphatic carbocycles. The van der Waals surface area contributed by atoms with Crippen LogP contribution in [0.25, 0.3) is 10.9 Å². The van der Waals surface area contributed by atoms with E-state index in [-0.39, 0.29) is 6.61 Å². The summed E-state index contributed by atoms with van der Waals surface area (Å²) < 4.78 is 7.45. The lowest BCUT2D eigenvalue weighted by Crippen LogP contribution is -2.20. The van der Waals surface area contributed by atoms with Crippen molar-refractivity contribution in [1.82, 2.24) is 9.78 Å². The second-order valence-electron chi connectivity index (χ2n) is 4.48. The largest absolute Gasteiger partial charge is 0.392 e. The van der Waals surface area contributed by atoms with Crippen LogP contribution in [0.3, 0.4) is 0 Å². The quantitative estimate of drug-likeness (QED) is 0.860. The van der Waals surface area contributed by atoms with Crippen LogP contribution >= 0.6 is 0 Å². The van der Waals surface area contributed by atoms with Gasteiger partial charge in [0.15, 0.2) is 0 Å². The van der Waals surface area contributed by atoms with E-state index in [1.807, 2.05) is 24.4 Å². The monoisotopic (exact) mass is 232 g/mol. The summed E-state index contributed by atoms with van der Waals surface area (Å²) >= 11 is 0. The van der Waals surface area contributed by atoms with E-state index in [2.05, 4.69) is 9.78 Å². The van der Waals surface area contributed by atoms with E-state index >= 15 is 0 Å². The van der Waals surface area contributed by atoms with Gasteiger partial charge in [0.2, 0.25) is 0 Å². The molecule has 0 bridgehead atoms. The van der Waals surface area contributed by atoms with Crippen LogP contribution in [0.15, 0.2) is 24.4 Å². The van der Waals surface area contributed by atoms with Crippen LogP contribution < -0.4 is 0 Å². The molecule has 1 aromatic heterocycles. The maximum Gasteiger partial charge on any atom is 0.0689 e. The van der Waals surface area contributed by atoms with Crippen LogP contribution in [0.4, 0.5) is 0 Å². The Hall–Kier alpha value is -1.39. The Bertz CT molecular complexity index is 515. The summed E-state index contributed by atoms with van der Waals surface area (Å²) in [6.07, 6.45) is 3.92. The molecule has 0 atom stereocenters. The first-order valence-corrected chi connectivity index (χ1v) is 6.03. The Kier molecular flexibility index (Phi) is 2.82. The van der Waals surface area contributed by atoms with Gasteiger partial charge in [0.05, 0.1) is 24.4 Å². The SMILES string of the molecule is OCc1ccc2cnn(C3CCOCC3)c2c1. The van der Waals surface area contributed by atoms with Gasteiger partial charge in [-0.15, -0.1) is 0 Å². The second kappa shape index (κ2) is 4.47. The van der Waals surface area contributed by atoms with Gasteiger partial charge in [0, 0.05) is 18.6 Å². The lowest BCUT2D eigenvalue weighted by Gasteiger charge is -2.23. The number of nitrogens with zero attached hydrogens (tertiary/aromatic N) is 2. The first kappa shape index (κ1) is 10.7. The zero-order chi connectivity index (χ0) is 11.7. The van der Waals surface area contributed by atoms with Crippen LogP contribution in [-0.4, -0.2) is 28.1 Å². The van der Waals surface area contributed by atoms with Gasteiger partial charge in [-0.2, -0.15) is 5.10 Å². The van der Waals surface area contributed by atoms with Gasteiger partial charge >= 0.3 is 0 Å². The molecule has 0 amide bonds. The second-order valence-corrected chi connectivity index (χ2v) is 4.48. The average molecular weight is 232 g/mol. The predicted octanol–water partition coefficient (Wildman–Crippen LogP) is 1.88. The lowest BCUT2D eigenvalue weighted by atomic mass is 10.1. The molecule has 0 saturated carbocycles. The van der Waals surface area contributed by atoms with Gasteiger partial charge in [0.25, 0.3) is 0 Å². The fraction of sp³-hybridized carbons (Fsp3) is 0.462. The Balaban J connectivity index is 2.02. The molecule has 90 valence electrons. The number of benzene rings is 1. The lowest BCUT2D eigenvalue weighted by molar-refractivity contribution is 0.0675. The number of hydrogen-bond donors (Lipinski definition) is 1. The molecule has 2 heterocycles. The van der Waals surface area contributed by atoms with E-state index in [9.17, 15) is 5.11 Å². The van der Waals surface area contributed by atoms with Gasteiger partial charge in [-0.05, 0) is 24.5 Å². The summed E-state index contributed by atoms with van der Waals surface area (Å²) in [4.78, 5) is 0. The molecular formula is C13H16N2O2. The van der Waals surface area contributed by atoms with E-state index in [0.29, 0.717) is 6.04 Å². The molecule has 4 nitrogen and oxygen atoms in total. The van der Waals surface area contributed by atoms with Crippen molar-refractivity contribution in [2.75, 3.05) is 13.2 Å². The molecule has 0 unspecified atom stereocenters. The molecule has 0 radical (unpaired) electrons. The van der Waals surface area contributed by atoms with Gasteiger partial charge in [-0.3, -0.25) is 4.68 Å². The zero-order valence-electron chi connectivity index (χ0n) is 9.67. The van der Waals surface area contributed by atoms with E-state index in [0.717, 1.165) is 42.5 Å². The molecule has 1 saturated heterocycles. The average Bonchev–Trinajstić information content (AvgIpc) is 2.82. The molecule has 1 N–H and O–H groups in total. The highest BCUT2D eigenvalue weighted by atomic mass is 16.5. The van der Waals surface area contributed by atoms with Crippen LogP contribution in [-0.2, 0) is 11.3 Å². The number of aliphatic hydroxyl groups is 1. The smallest absolute Gasteiger partial charge is 0.0689 e. The number of fused-ring (bicyclic) bond motifs is 1. The molecule has 1 aromatic carbocycles. The Morgan fingerprint density at radius 3 is 2.94 bits per heavy atom. The minimum atomic E-state index is 0.0783. The van der Waals surface area contributed by atoms with Crippen molar-refractivity contribution in [1.29, 1.82) is 0 Å². The minimum absolute atomic E-state index is 0.0783. The Labute approximate surface area is 99.8 Å². The minimum Gasteiger partial charge on any atom is -0.392 e. The maximum absolute atomic E-state index is 9.19. The molecule has 3 rings (SSSR count). The summed E-state index contributed by atoms with van der Waals surface area (Å²) in [5.74, 6) is 0. The van der Waals surface area contributed by atoms with Crippen molar-refractivity contribution >= 4 is 10.9 Å². The third-order valence-electron chi connectivity index (χ3n) is 3.38. The summed E-state index contributed by atoms with van der Waals surface area (Å²) in [5, 5.41) is 14.8. The Morgan fingerprint density at radius 1 is 1.35 bits per heavy atom. The normalized spacial score (nSPS) is 17.7. The van der Waals surface area contributed by atoms with Crippen molar-refractivity contribution in [2.24, 2.45) is 0 Å². The third kappa shape index (κ3) is 1.94. The number of hydrogen-bond acceptors (Lipinski definition) is 3. The fourth-order valence-corrected chi connectivity index (χ4v) is 2.40. The highest BCUT2D eigenvalue weighted by molar-refractivity contribution is 5.79. The zero-order valence-corrected chi connectivity index (χ0v) is 9.67. The topological polar surface area (TPSA) is 47.3 Å². The highest BCUT2D eigenvalue weighted by Gasteiger charge is 2.18. The van der Waals surface area contributed by atoms with Crippen molar-refractivity contribution < 1.29 is 9.84 Å². The number of aliphatic hydroxyl groups excluding tert-OH is 1. The van der Waals surface area contributed by atoms with Gasteiger partial charge < -0.3 is 9.84 Å². The third-order valence-corrected chi connectivity index (χ3v) is 3.38. The summed E-state index contributed by atoms with van der Waals surface area (Å²) in [6, 6.07) is 6.41. The molecule has 2 aromatic rings. The molecule has 1 aliphatic heterocycles. The highest BCUT2D eigenvalue weighted by Crippen LogP contribution is 2.25. The molecule has 17 heavy (non-hydrogen) atoms. The van der Waals surface area contributed by atoms with Crippen molar-refractivity contribution in [3.8, 4) is 0 Å². The first-order valence-electron chi connectivity index (χ1n) is 6.03. The fourth-order valence-electron chi connectivity index (χ4n) is 2.40. The van der Waals surface area contributed by atoms with Crippen LogP contribution in [0.5, 0.6) is 0 Å². The van der Waals surface area contributed by atoms with Crippen molar-refractivity contribution in [3.63, 3.8) is 0 Å². The van der Waals surface area contributed by atoms with Crippen molar-refractivity contribution in [3.05, 3.63) is 30.0 Å². The van der Waals surface area contributed by atoms with Gasteiger partial charge in [0.1, 0.15) is 0 Å². The molecular weight excluding hydrogens is 216 g/mol. The number of rotatable bonds is 2. The summed E-state index contributed by atoms with van der Waals surface area (Å²) in [7, 11) is 0. The first-order chi connectivity index (χ1) is 8.38. The standard InChI is InChI=1S/C13H16N2O2/c16-9-10-1-2-11-8-14-15(13(11)7-10)12-3-5-17-6-4-12/h1-2,7-8,12,16H,3-6,9H2. The number of aromatic nitrogens is 2.